The Morgan fingerprint density at radius 1 is 1.22 bits per heavy atom. The molecule has 0 heterocycles. The summed E-state index contributed by atoms with van der Waals surface area (Å²) in [6.45, 7) is 11.0. The second-order valence-corrected chi connectivity index (χ2v) is 6.45. The summed E-state index contributed by atoms with van der Waals surface area (Å²) in [7, 11) is 1.72. The Labute approximate surface area is 112 Å². The first kappa shape index (κ1) is 15.0. The summed E-state index contributed by atoms with van der Waals surface area (Å²) in [5, 5.41) is 0. The van der Waals surface area contributed by atoms with E-state index >= 15 is 0 Å². The smallest absolute Gasteiger partial charge is 0.122 e. The van der Waals surface area contributed by atoms with Gasteiger partial charge in [0.15, 0.2) is 0 Å². The summed E-state index contributed by atoms with van der Waals surface area (Å²) in [6.07, 6.45) is 1.01. The zero-order valence-electron chi connectivity index (χ0n) is 12.6. The van der Waals surface area contributed by atoms with E-state index in [2.05, 4.69) is 46.8 Å². The number of methoxy groups -OCH3 is 1. The molecule has 2 heteroatoms. The van der Waals surface area contributed by atoms with Gasteiger partial charge < -0.3 is 10.5 Å². The molecule has 0 bridgehead atoms. The fourth-order valence-corrected chi connectivity index (χ4v) is 2.19. The van der Waals surface area contributed by atoms with Crippen molar-refractivity contribution < 1.29 is 4.74 Å². The number of benzene rings is 1. The van der Waals surface area contributed by atoms with E-state index in [1.807, 2.05) is 6.07 Å². The van der Waals surface area contributed by atoms with Gasteiger partial charge in [0.05, 0.1) is 7.11 Å². The fourth-order valence-electron chi connectivity index (χ4n) is 2.19. The van der Waals surface area contributed by atoms with Crippen molar-refractivity contribution >= 4 is 0 Å². The van der Waals surface area contributed by atoms with Crippen molar-refractivity contribution in [2.45, 2.75) is 52.5 Å². The maximum atomic E-state index is 6.26. The van der Waals surface area contributed by atoms with E-state index in [-0.39, 0.29) is 11.5 Å². The molecule has 0 amide bonds. The van der Waals surface area contributed by atoms with Gasteiger partial charge in [-0.2, -0.15) is 0 Å². The van der Waals surface area contributed by atoms with E-state index in [0.717, 1.165) is 12.2 Å². The summed E-state index contributed by atoms with van der Waals surface area (Å²) >= 11 is 0. The molecule has 0 radical (unpaired) electrons. The van der Waals surface area contributed by atoms with Crippen LogP contribution < -0.4 is 10.5 Å². The molecule has 2 nitrogen and oxygen atoms in total. The molecule has 1 aromatic carbocycles. The predicted molar refractivity (Wildman–Crippen MR) is 78.1 cm³/mol. The average Bonchev–Trinajstić information content (AvgIpc) is 2.26. The topological polar surface area (TPSA) is 35.2 Å². The van der Waals surface area contributed by atoms with E-state index in [1.54, 1.807) is 7.11 Å². The third-order valence-electron chi connectivity index (χ3n) is 3.19. The van der Waals surface area contributed by atoms with Crippen molar-refractivity contribution in [3.05, 3.63) is 29.3 Å². The van der Waals surface area contributed by atoms with Gasteiger partial charge in [0.1, 0.15) is 5.75 Å². The first-order chi connectivity index (χ1) is 8.25. The largest absolute Gasteiger partial charge is 0.496 e. The Hall–Kier alpha value is -1.02. The van der Waals surface area contributed by atoms with Crippen LogP contribution in [-0.4, -0.2) is 7.11 Å². The highest BCUT2D eigenvalue weighted by Gasteiger charge is 2.20. The highest BCUT2D eigenvalue weighted by molar-refractivity contribution is 5.42. The van der Waals surface area contributed by atoms with Gasteiger partial charge in [0, 0.05) is 6.04 Å². The standard InChI is InChI=1S/C16H27NO/c1-11(2)9-14(17)12-7-8-15(18-6)13(10-12)16(3,4)5/h7-8,10-11,14H,9,17H2,1-6H3. The monoisotopic (exact) mass is 249 g/mol. The minimum absolute atomic E-state index is 0.0684. The molecule has 1 unspecified atom stereocenters. The van der Waals surface area contributed by atoms with E-state index in [0.29, 0.717) is 5.92 Å². The lowest BCUT2D eigenvalue weighted by Crippen LogP contribution is -2.17. The first-order valence-electron chi connectivity index (χ1n) is 6.69. The van der Waals surface area contributed by atoms with Crippen molar-refractivity contribution in [2.75, 3.05) is 7.11 Å². The lowest BCUT2D eigenvalue weighted by molar-refractivity contribution is 0.396. The Morgan fingerprint density at radius 3 is 2.28 bits per heavy atom. The van der Waals surface area contributed by atoms with Crippen LogP contribution in [-0.2, 0) is 5.41 Å². The Balaban J connectivity index is 3.10. The predicted octanol–water partition coefficient (Wildman–Crippen LogP) is 4.04. The van der Waals surface area contributed by atoms with E-state index < -0.39 is 0 Å². The third kappa shape index (κ3) is 3.74. The minimum Gasteiger partial charge on any atom is -0.496 e. The zero-order valence-corrected chi connectivity index (χ0v) is 12.6. The highest BCUT2D eigenvalue weighted by atomic mass is 16.5. The van der Waals surface area contributed by atoms with Crippen LogP contribution in [0.15, 0.2) is 18.2 Å². The number of hydrogen-bond donors (Lipinski definition) is 1. The molecule has 0 spiro atoms. The molecule has 0 saturated heterocycles. The molecule has 0 aromatic heterocycles. The quantitative estimate of drug-likeness (QED) is 0.874. The highest BCUT2D eigenvalue weighted by Crippen LogP contribution is 2.33. The normalized spacial score (nSPS) is 13.8. The third-order valence-corrected chi connectivity index (χ3v) is 3.19. The minimum atomic E-state index is 0.0684. The maximum absolute atomic E-state index is 6.26. The Morgan fingerprint density at radius 2 is 1.83 bits per heavy atom. The summed E-state index contributed by atoms with van der Waals surface area (Å²) in [6, 6.07) is 6.43. The van der Waals surface area contributed by atoms with Crippen LogP contribution >= 0.6 is 0 Å². The zero-order chi connectivity index (χ0) is 13.9. The molecule has 0 saturated carbocycles. The second-order valence-electron chi connectivity index (χ2n) is 6.45. The van der Waals surface area contributed by atoms with Gasteiger partial charge in [0.2, 0.25) is 0 Å². The first-order valence-corrected chi connectivity index (χ1v) is 6.69. The Bertz CT molecular complexity index is 391. The molecular formula is C16H27NO. The lowest BCUT2D eigenvalue weighted by Gasteiger charge is -2.24. The van der Waals surface area contributed by atoms with Gasteiger partial charge in [-0.3, -0.25) is 0 Å². The Kier molecular flexibility index (Phi) is 4.80. The van der Waals surface area contributed by atoms with Gasteiger partial charge >= 0.3 is 0 Å². The molecule has 102 valence electrons. The summed E-state index contributed by atoms with van der Waals surface area (Å²) in [4.78, 5) is 0. The van der Waals surface area contributed by atoms with Crippen molar-refractivity contribution in [2.24, 2.45) is 11.7 Å². The molecule has 0 aliphatic heterocycles. The average molecular weight is 249 g/mol. The second kappa shape index (κ2) is 5.75. The van der Waals surface area contributed by atoms with Crippen LogP contribution in [0, 0.1) is 5.92 Å². The molecule has 2 N–H and O–H groups in total. The van der Waals surface area contributed by atoms with Crippen molar-refractivity contribution in [3.8, 4) is 5.75 Å². The molecule has 1 aromatic rings. The van der Waals surface area contributed by atoms with Gasteiger partial charge in [0.25, 0.3) is 0 Å². The van der Waals surface area contributed by atoms with Crippen molar-refractivity contribution in [1.29, 1.82) is 0 Å². The molecule has 1 atom stereocenters. The molecule has 0 aliphatic carbocycles. The molecule has 0 fully saturated rings. The van der Waals surface area contributed by atoms with Gasteiger partial charge in [-0.25, -0.2) is 0 Å². The van der Waals surface area contributed by atoms with Crippen molar-refractivity contribution in [3.63, 3.8) is 0 Å². The van der Waals surface area contributed by atoms with Crippen LogP contribution in [0.5, 0.6) is 5.75 Å². The fraction of sp³-hybridized carbons (Fsp3) is 0.625. The lowest BCUT2D eigenvalue weighted by atomic mass is 9.84. The van der Waals surface area contributed by atoms with Gasteiger partial charge in [-0.1, -0.05) is 46.8 Å². The number of hydrogen-bond acceptors (Lipinski definition) is 2. The molecule has 1 rings (SSSR count). The molecule has 0 aliphatic rings. The van der Waals surface area contributed by atoms with E-state index in [1.165, 1.54) is 11.1 Å². The number of rotatable bonds is 4. The van der Waals surface area contributed by atoms with Gasteiger partial charge in [-0.15, -0.1) is 0 Å². The van der Waals surface area contributed by atoms with Crippen LogP contribution in [0.3, 0.4) is 0 Å². The summed E-state index contributed by atoms with van der Waals surface area (Å²) in [5.41, 5.74) is 8.75. The summed E-state index contributed by atoms with van der Waals surface area (Å²) in [5.74, 6) is 1.56. The van der Waals surface area contributed by atoms with E-state index in [9.17, 15) is 0 Å². The number of nitrogens with two attached hydrogens (primary N) is 1. The van der Waals surface area contributed by atoms with Crippen LogP contribution in [0.4, 0.5) is 0 Å². The number of ether oxygens (including phenoxy) is 1. The molecular weight excluding hydrogens is 222 g/mol. The maximum Gasteiger partial charge on any atom is 0.122 e. The van der Waals surface area contributed by atoms with Gasteiger partial charge in [-0.05, 0) is 34.9 Å². The molecule has 18 heavy (non-hydrogen) atoms. The summed E-state index contributed by atoms with van der Waals surface area (Å²) < 4.78 is 5.45. The van der Waals surface area contributed by atoms with Crippen molar-refractivity contribution in [1.82, 2.24) is 0 Å². The van der Waals surface area contributed by atoms with Crippen LogP contribution in [0.2, 0.25) is 0 Å². The van der Waals surface area contributed by atoms with E-state index in [4.69, 9.17) is 10.5 Å². The van der Waals surface area contributed by atoms with Crippen LogP contribution in [0.1, 0.15) is 58.2 Å². The van der Waals surface area contributed by atoms with Crippen LogP contribution in [0.25, 0.3) is 0 Å². The SMILES string of the molecule is COc1ccc(C(N)CC(C)C)cc1C(C)(C)C.